The summed E-state index contributed by atoms with van der Waals surface area (Å²) in [5.74, 6) is -3.11. The standard InChI is InChI=1S/C19H20F3NO6/c1-3-26-16(24)18(17(25)27-4-2)9-12-10-28-23-15(12)14(18)11-5-7-13(8-6-11)29-19(20,21)22/h5-8,12,14H,3-4,9-10H2,1-2H3/t12-,14-/m0/s1. The van der Waals surface area contributed by atoms with Crippen LogP contribution < -0.4 is 4.74 Å². The molecule has 0 spiro atoms. The number of carbonyl (C=O) groups is 2. The third-order valence-electron chi connectivity index (χ3n) is 4.95. The maximum atomic E-state index is 13.0. The van der Waals surface area contributed by atoms with Gasteiger partial charge >= 0.3 is 18.3 Å². The zero-order chi connectivity index (χ0) is 21.2. The van der Waals surface area contributed by atoms with E-state index in [2.05, 4.69) is 9.89 Å². The molecule has 0 bridgehead atoms. The molecule has 29 heavy (non-hydrogen) atoms. The average Bonchev–Trinajstić information content (AvgIpc) is 3.21. The van der Waals surface area contributed by atoms with Crippen molar-refractivity contribution in [3.63, 3.8) is 0 Å². The first-order valence-corrected chi connectivity index (χ1v) is 9.12. The molecule has 0 unspecified atom stereocenters. The Balaban J connectivity index is 2.05. The SMILES string of the molecule is CCOC(=O)C1(C(=O)OCC)C[C@H]2CON=C2[C@@H]1c1ccc(OC(F)(F)F)cc1. The summed E-state index contributed by atoms with van der Waals surface area (Å²) in [5, 5.41) is 4.01. The minimum atomic E-state index is -4.83. The van der Waals surface area contributed by atoms with E-state index < -0.39 is 35.4 Å². The van der Waals surface area contributed by atoms with Gasteiger partial charge in [-0.05, 0) is 38.0 Å². The van der Waals surface area contributed by atoms with Gasteiger partial charge in [0.05, 0.1) is 24.8 Å². The fourth-order valence-corrected chi connectivity index (χ4v) is 3.90. The Kier molecular flexibility index (Phi) is 5.72. The lowest BCUT2D eigenvalue weighted by Crippen LogP contribution is -2.45. The third kappa shape index (κ3) is 3.88. The summed E-state index contributed by atoms with van der Waals surface area (Å²) in [6, 6.07) is 4.96. The van der Waals surface area contributed by atoms with Crippen molar-refractivity contribution in [2.24, 2.45) is 16.5 Å². The number of oxime groups is 1. The van der Waals surface area contributed by atoms with Gasteiger partial charge < -0.3 is 19.0 Å². The Labute approximate surface area is 164 Å². The van der Waals surface area contributed by atoms with E-state index in [1.807, 2.05) is 0 Å². The molecule has 7 nitrogen and oxygen atoms in total. The molecule has 158 valence electrons. The van der Waals surface area contributed by atoms with E-state index >= 15 is 0 Å². The molecule has 1 aliphatic heterocycles. The van der Waals surface area contributed by atoms with Gasteiger partial charge in [0.1, 0.15) is 12.4 Å². The summed E-state index contributed by atoms with van der Waals surface area (Å²) in [4.78, 5) is 31.1. The summed E-state index contributed by atoms with van der Waals surface area (Å²) in [7, 11) is 0. The lowest BCUT2D eigenvalue weighted by molar-refractivity contribution is -0.274. The van der Waals surface area contributed by atoms with Crippen LogP contribution in [0.2, 0.25) is 0 Å². The predicted octanol–water partition coefficient (Wildman–Crippen LogP) is 3.19. The summed E-state index contributed by atoms with van der Waals surface area (Å²) < 4.78 is 51.6. The van der Waals surface area contributed by atoms with Crippen molar-refractivity contribution in [3.8, 4) is 5.75 Å². The first-order chi connectivity index (χ1) is 13.7. The highest BCUT2D eigenvalue weighted by atomic mass is 19.4. The monoisotopic (exact) mass is 415 g/mol. The van der Waals surface area contributed by atoms with Crippen molar-refractivity contribution in [2.45, 2.75) is 32.5 Å². The molecule has 0 amide bonds. The Bertz CT molecular complexity index is 787. The summed E-state index contributed by atoms with van der Waals surface area (Å²) >= 11 is 0. The van der Waals surface area contributed by atoms with E-state index in [1.54, 1.807) is 13.8 Å². The second-order valence-corrected chi connectivity index (χ2v) is 6.68. The second kappa shape index (κ2) is 7.92. The molecule has 1 fully saturated rings. The molecule has 1 aromatic rings. The van der Waals surface area contributed by atoms with Crippen LogP contribution in [0.25, 0.3) is 0 Å². The number of fused-ring (bicyclic) bond motifs is 1. The molecule has 0 N–H and O–H groups in total. The van der Waals surface area contributed by atoms with Crippen LogP contribution in [0.4, 0.5) is 13.2 Å². The number of nitrogens with zero attached hydrogens (tertiary/aromatic N) is 1. The minimum Gasteiger partial charge on any atom is -0.465 e. The number of hydrogen-bond donors (Lipinski definition) is 0. The zero-order valence-electron chi connectivity index (χ0n) is 15.8. The number of benzene rings is 1. The topological polar surface area (TPSA) is 83.4 Å². The molecular weight excluding hydrogens is 395 g/mol. The van der Waals surface area contributed by atoms with Gasteiger partial charge in [0.25, 0.3) is 0 Å². The van der Waals surface area contributed by atoms with Gasteiger partial charge in [-0.25, -0.2) is 0 Å². The van der Waals surface area contributed by atoms with E-state index in [1.165, 1.54) is 12.1 Å². The molecule has 1 heterocycles. The van der Waals surface area contributed by atoms with E-state index in [9.17, 15) is 22.8 Å². The Morgan fingerprint density at radius 3 is 2.24 bits per heavy atom. The van der Waals surface area contributed by atoms with Gasteiger partial charge in [-0.2, -0.15) is 0 Å². The molecule has 2 atom stereocenters. The smallest absolute Gasteiger partial charge is 0.465 e. The Morgan fingerprint density at radius 2 is 1.72 bits per heavy atom. The molecule has 0 radical (unpaired) electrons. The zero-order valence-corrected chi connectivity index (χ0v) is 15.8. The fraction of sp³-hybridized carbons (Fsp3) is 0.526. The lowest BCUT2D eigenvalue weighted by atomic mass is 9.73. The van der Waals surface area contributed by atoms with Gasteiger partial charge in [0.2, 0.25) is 0 Å². The lowest BCUT2D eigenvalue weighted by Gasteiger charge is -2.31. The first kappa shape index (κ1) is 20.9. The first-order valence-electron chi connectivity index (χ1n) is 9.12. The summed E-state index contributed by atoms with van der Waals surface area (Å²) in [6.45, 7) is 3.54. The number of halogens is 3. The number of rotatable bonds is 6. The molecule has 1 aliphatic carbocycles. The van der Waals surface area contributed by atoms with Crippen LogP contribution in [0.15, 0.2) is 29.4 Å². The van der Waals surface area contributed by atoms with E-state index in [4.69, 9.17) is 14.3 Å². The number of ether oxygens (including phenoxy) is 3. The minimum absolute atomic E-state index is 0.0543. The summed E-state index contributed by atoms with van der Waals surface area (Å²) in [6.07, 6.45) is -4.75. The number of carbonyl (C=O) groups excluding carboxylic acids is 2. The molecule has 1 aromatic carbocycles. The van der Waals surface area contributed by atoms with Gasteiger partial charge in [-0.1, -0.05) is 17.3 Å². The van der Waals surface area contributed by atoms with Crippen molar-refractivity contribution in [3.05, 3.63) is 29.8 Å². The molecule has 0 aromatic heterocycles. The van der Waals surface area contributed by atoms with Crippen LogP contribution >= 0.6 is 0 Å². The number of hydrogen-bond acceptors (Lipinski definition) is 7. The van der Waals surface area contributed by atoms with Gasteiger partial charge in [-0.3, -0.25) is 9.59 Å². The van der Waals surface area contributed by atoms with Crippen molar-refractivity contribution in [2.75, 3.05) is 19.8 Å². The molecule has 2 aliphatic rings. The Morgan fingerprint density at radius 1 is 1.14 bits per heavy atom. The Hall–Kier alpha value is -2.78. The average molecular weight is 415 g/mol. The fourth-order valence-electron chi connectivity index (χ4n) is 3.90. The predicted molar refractivity (Wildman–Crippen MR) is 93.1 cm³/mol. The third-order valence-corrected chi connectivity index (χ3v) is 4.95. The van der Waals surface area contributed by atoms with Gasteiger partial charge in [0, 0.05) is 5.92 Å². The van der Waals surface area contributed by atoms with E-state index in [-0.39, 0.29) is 32.2 Å². The highest BCUT2D eigenvalue weighted by Crippen LogP contribution is 2.54. The highest BCUT2D eigenvalue weighted by molar-refractivity contribution is 6.12. The molecule has 10 heteroatoms. The van der Waals surface area contributed by atoms with Crippen LogP contribution in [0.3, 0.4) is 0 Å². The molecular formula is C19H20F3NO6. The number of alkyl halides is 3. The van der Waals surface area contributed by atoms with Crippen molar-refractivity contribution < 1.29 is 41.8 Å². The van der Waals surface area contributed by atoms with Crippen molar-refractivity contribution in [1.29, 1.82) is 0 Å². The van der Waals surface area contributed by atoms with Gasteiger partial charge in [-0.15, -0.1) is 13.2 Å². The molecule has 3 rings (SSSR count). The largest absolute Gasteiger partial charge is 0.573 e. The van der Waals surface area contributed by atoms with Crippen LogP contribution in [0, 0.1) is 11.3 Å². The van der Waals surface area contributed by atoms with E-state index in [0.29, 0.717) is 11.3 Å². The second-order valence-electron chi connectivity index (χ2n) is 6.68. The molecule has 1 saturated carbocycles. The van der Waals surface area contributed by atoms with Crippen molar-refractivity contribution in [1.82, 2.24) is 0 Å². The normalized spacial score (nSPS) is 22.3. The van der Waals surface area contributed by atoms with Crippen LogP contribution in [0.1, 0.15) is 31.7 Å². The van der Waals surface area contributed by atoms with Crippen LogP contribution in [0.5, 0.6) is 5.75 Å². The quantitative estimate of drug-likeness (QED) is 0.524. The molecule has 0 saturated heterocycles. The maximum absolute atomic E-state index is 13.0. The summed E-state index contributed by atoms with van der Waals surface area (Å²) in [5.41, 5.74) is -0.811. The van der Waals surface area contributed by atoms with Crippen LogP contribution in [-0.2, 0) is 23.9 Å². The van der Waals surface area contributed by atoms with Crippen molar-refractivity contribution >= 4 is 17.7 Å². The maximum Gasteiger partial charge on any atom is 0.573 e. The van der Waals surface area contributed by atoms with Gasteiger partial charge in [0.15, 0.2) is 5.41 Å². The van der Waals surface area contributed by atoms with Crippen LogP contribution in [-0.4, -0.2) is 43.8 Å². The number of esters is 2. The highest BCUT2D eigenvalue weighted by Gasteiger charge is 2.65. The van der Waals surface area contributed by atoms with E-state index in [0.717, 1.165) is 12.1 Å².